The summed E-state index contributed by atoms with van der Waals surface area (Å²) < 4.78 is 5.16. The summed E-state index contributed by atoms with van der Waals surface area (Å²) >= 11 is 0. The van der Waals surface area contributed by atoms with Crippen molar-refractivity contribution in [2.75, 3.05) is 17.2 Å². The van der Waals surface area contributed by atoms with E-state index in [1.165, 1.54) is 12.5 Å². The van der Waals surface area contributed by atoms with E-state index in [1.807, 2.05) is 30.3 Å². The Morgan fingerprint density at radius 2 is 1.59 bits per heavy atom. The molecule has 0 bridgehead atoms. The fourth-order valence-corrected chi connectivity index (χ4v) is 2.50. The zero-order chi connectivity index (χ0) is 19.5. The predicted octanol–water partition coefficient (Wildman–Crippen LogP) is 3.54. The lowest BCUT2D eigenvalue weighted by Crippen LogP contribution is -2.15. The van der Waals surface area contributed by atoms with Gasteiger partial charge in [-0.2, -0.15) is 0 Å². The Morgan fingerprint density at radius 1 is 0.889 bits per heavy atom. The maximum absolute atomic E-state index is 12.0. The molecule has 0 heterocycles. The first-order valence-corrected chi connectivity index (χ1v) is 8.90. The van der Waals surface area contributed by atoms with Gasteiger partial charge in [0.1, 0.15) is 0 Å². The zero-order valence-corrected chi connectivity index (χ0v) is 15.4. The lowest BCUT2D eigenvalue weighted by molar-refractivity contribution is -0.144. The standard InChI is InChI=1S/C21H24N2O4/c1-16(24)22-18-10-5-11-19(15-18)23-20(25)12-13-21(26)27-14-6-9-17-7-3-2-4-8-17/h2-5,7-8,10-11,15H,6,9,12-14H2,1H3,(H,22,24)(H,23,25). The monoisotopic (exact) mass is 368 g/mol. The number of aryl methyl sites for hydroxylation is 1. The van der Waals surface area contributed by atoms with Crippen molar-refractivity contribution in [1.29, 1.82) is 0 Å². The molecule has 0 atom stereocenters. The van der Waals surface area contributed by atoms with Crippen LogP contribution in [0.5, 0.6) is 0 Å². The van der Waals surface area contributed by atoms with E-state index in [2.05, 4.69) is 10.6 Å². The summed E-state index contributed by atoms with van der Waals surface area (Å²) in [6.07, 6.45) is 1.67. The van der Waals surface area contributed by atoms with Gasteiger partial charge in [0, 0.05) is 24.7 Å². The summed E-state index contributed by atoms with van der Waals surface area (Å²) in [5, 5.41) is 5.35. The molecular formula is C21H24N2O4. The van der Waals surface area contributed by atoms with Crippen LogP contribution < -0.4 is 10.6 Å². The largest absolute Gasteiger partial charge is 0.466 e. The van der Waals surface area contributed by atoms with Crippen LogP contribution in [0.2, 0.25) is 0 Å². The molecule has 6 heteroatoms. The number of anilines is 2. The highest BCUT2D eigenvalue weighted by molar-refractivity contribution is 5.94. The molecule has 0 aliphatic heterocycles. The highest BCUT2D eigenvalue weighted by atomic mass is 16.5. The second-order valence-corrected chi connectivity index (χ2v) is 6.12. The number of carbonyl (C=O) groups excluding carboxylic acids is 3. The van der Waals surface area contributed by atoms with Crippen molar-refractivity contribution >= 4 is 29.2 Å². The molecule has 0 saturated carbocycles. The first-order valence-electron chi connectivity index (χ1n) is 8.90. The number of rotatable bonds is 9. The lowest BCUT2D eigenvalue weighted by atomic mass is 10.1. The van der Waals surface area contributed by atoms with Crippen LogP contribution in [-0.2, 0) is 25.5 Å². The van der Waals surface area contributed by atoms with Gasteiger partial charge < -0.3 is 15.4 Å². The molecule has 0 aliphatic rings. The molecule has 0 unspecified atom stereocenters. The van der Waals surface area contributed by atoms with Crippen LogP contribution in [0.4, 0.5) is 11.4 Å². The molecule has 2 rings (SSSR count). The second-order valence-electron chi connectivity index (χ2n) is 6.12. The van der Waals surface area contributed by atoms with Gasteiger partial charge in [0.05, 0.1) is 13.0 Å². The molecular weight excluding hydrogens is 344 g/mol. The van der Waals surface area contributed by atoms with Gasteiger partial charge in [-0.25, -0.2) is 0 Å². The number of ether oxygens (including phenoxy) is 1. The van der Waals surface area contributed by atoms with Crippen molar-refractivity contribution in [3.05, 3.63) is 60.2 Å². The van der Waals surface area contributed by atoms with Gasteiger partial charge in [-0.15, -0.1) is 0 Å². The van der Waals surface area contributed by atoms with E-state index in [0.717, 1.165) is 12.8 Å². The minimum atomic E-state index is -0.384. The highest BCUT2D eigenvalue weighted by Gasteiger charge is 2.09. The summed E-state index contributed by atoms with van der Waals surface area (Å²) in [5.74, 6) is -0.852. The maximum Gasteiger partial charge on any atom is 0.306 e. The first kappa shape index (κ1) is 20.2. The average molecular weight is 368 g/mol. The van der Waals surface area contributed by atoms with Crippen molar-refractivity contribution in [3.63, 3.8) is 0 Å². The quantitative estimate of drug-likeness (QED) is 0.524. The molecule has 2 N–H and O–H groups in total. The number of benzene rings is 2. The van der Waals surface area contributed by atoms with Gasteiger partial charge in [0.2, 0.25) is 11.8 Å². The van der Waals surface area contributed by atoms with E-state index in [1.54, 1.807) is 24.3 Å². The molecule has 0 aliphatic carbocycles. The zero-order valence-electron chi connectivity index (χ0n) is 15.4. The van der Waals surface area contributed by atoms with Crippen LogP contribution >= 0.6 is 0 Å². The second kappa shape index (κ2) is 10.8. The van der Waals surface area contributed by atoms with Crippen LogP contribution in [0.25, 0.3) is 0 Å². The number of nitrogens with one attached hydrogen (secondary N) is 2. The van der Waals surface area contributed by atoms with Crippen molar-refractivity contribution < 1.29 is 19.1 Å². The van der Waals surface area contributed by atoms with Crippen molar-refractivity contribution in [2.24, 2.45) is 0 Å². The molecule has 0 fully saturated rings. The Labute approximate surface area is 158 Å². The van der Waals surface area contributed by atoms with E-state index in [9.17, 15) is 14.4 Å². The number of amides is 2. The van der Waals surface area contributed by atoms with Gasteiger partial charge in [0.25, 0.3) is 0 Å². The normalized spacial score (nSPS) is 10.1. The number of carbonyl (C=O) groups is 3. The smallest absolute Gasteiger partial charge is 0.306 e. The molecule has 0 spiro atoms. The van der Waals surface area contributed by atoms with E-state index in [4.69, 9.17) is 4.74 Å². The number of hydrogen-bond donors (Lipinski definition) is 2. The van der Waals surface area contributed by atoms with Gasteiger partial charge in [-0.05, 0) is 36.6 Å². The summed E-state index contributed by atoms with van der Waals surface area (Å²) in [5.41, 5.74) is 2.36. The Kier molecular flexibility index (Phi) is 8.03. The average Bonchev–Trinajstić information content (AvgIpc) is 2.64. The van der Waals surface area contributed by atoms with E-state index in [-0.39, 0.29) is 30.6 Å². The molecule has 142 valence electrons. The molecule has 0 saturated heterocycles. The Hall–Kier alpha value is -3.15. The Balaban J connectivity index is 1.64. The van der Waals surface area contributed by atoms with Crippen LogP contribution in [0.15, 0.2) is 54.6 Å². The minimum absolute atomic E-state index is 0.0303. The van der Waals surface area contributed by atoms with Crippen molar-refractivity contribution in [1.82, 2.24) is 0 Å². The van der Waals surface area contributed by atoms with Gasteiger partial charge >= 0.3 is 5.97 Å². The van der Waals surface area contributed by atoms with Crippen molar-refractivity contribution in [2.45, 2.75) is 32.6 Å². The topological polar surface area (TPSA) is 84.5 Å². The third kappa shape index (κ3) is 8.18. The van der Waals surface area contributed by atoms with E-state index in [0.29, 0.717) is 18.0 Å². The summed E-state index contributed by atoms with van der Waals surface area (Å²) in [6.45, 7) is 1.75. The van der Waals surface area contributed by atoms with Crippen LogP contribution in [-0.4, -0.2) is 24.4 Å². The predicted molar refractivity (Wildman–Crippen MR) is 104 cm³/mol. The fraction of sp³-hybridized carbons (Fsp3) is 0.286. The summed E-state index contributed by atoms with van der Waals surface area (Å²) in [4.78, 5) is 34.8. The third-order valence-electron chi connectivity index (χ3n) is 3.74. The van der Waals surface area contributed by atoms with Gasteiger partial charge in [-0.3, -0.25) is 14.4 Å². The Morgan fingerprint density at radius 3 is 2.30 bits per heavy atom. The molecule has 0 aromatic heterocycles. The maximum atomic E-state index is 12.0. The SMILES string of the molecule is CC(=O)Nc1cccc(NC(=O)CCC(=O)OCCCc2ccccc2)c1. The van der Waals surface area contributed by atoms with Gasteiger partial charge in [-0.1, -0.05) is 36.4 Å². The molecule has 2 aromatic carbocycles. The molecule has 2 aromatic rings. The van der Waals surface area contributed by atoms with Crippen LogP contribution in [0.3, 0.4) is 0 Å². The van der Waals surface area contributed by atoms with Crippen LogP contribution in [0, 0.1) is 0 Å². The first-order chi connectivity index (χ1) is 13.0. The molecule has 6 nitrogen and oxygen atoms in total. The number of esters is 1. The van der Waals surface area contributed by atoms with Crippen LogP contribution in [0.1, 0.15) is 31.7 Å². The van der Waals surface area contributed by atoms with Gasteiger partial charge in [0.15, 0.2) is 0 Å². The van der Waals surface area contributed by atoms with E-state index >= 15 is 0 Å². The highest BCUT2D eigenvalue weighted by Crippen LogP contribution is 2.15. The lowest BCUT2D eigenvalue weighted by Gasteiger charge is -2.08. The van der Waals surface area contributed by atoms with Crippen molar-refractivity contribution in [3.8, 4) is 0 Å². The molecule has 27 heavy (non-hydrogen) atoms. The molecule has 0 radical (unpaired) electrons. The summed E-state index contributed by atoms with van der Waals surface area (Å²) in [6, 6.07) is 16.8. The number of hydrogen-bond acceptors (Lipinski definition) is 4. The fourth-order valence-electron chi connectivity index (χ4n) is 2.50. The van der Waals surface area contributed by atoms with E-state index < -0.39 is 0 Å². The summed E-state index contributed by atoms with van der Waals surface area (Å²) in [7, 11) is 0. The molecule has 2 amide bonds. The minimum Gasteiger partial charge on any atom is -0.466 e. The third-order valence-corrected chi connectivity index (χ3v) is 3.74. The Bertz CT molecular complexity index is 775.